The summed E-state index contributed by atoms with van der Waals surface area (Å²) >= 11 is 0. The van der Waals surface area contributed by atoms with Crippen molar-refractivity contribution in [2.45, 2.75) is 5.67 Å². The maximum Gasteiger partial charge on any atom is 0.195 e. The summed E-state index contributed by atoms with van der Waals surface area (Å²) in [4.78, 5) is 3.98. The van der Waals surface area contributed by atoms with Crippen LogP contribution >= 0.6 is 0 Å². The Labute approximate surface area is 76.2 Å². The molecule has 0 unspecified atom stereocenters. The largest absolute Gasteiger partial charge is 0.308 e. The zero-order chi connectivity index (χ0) is 9.15. The lowest BCUT2D eigenvalue weighted by Crippen LogP contribution is -2.55. The lowest BCUT2D eigenvalue weighted by atomic mass is 10.0. The first kappa shape index (κ1) is 8.21. The minimum atomic E-state index is -1.34. The van der Waals surface area contributed by atoms with Crippen LogP contribution in [-0.4, -0.2) is 23.7 Å². The van der Waals surface area contributed by atoms with E-state index in [0.717, 1.165) is 0 Å². The summed E-state index contributed by atoms with van der Waals surface area (Å²) in [6, 6.07) is 5.41. The van der Waals surface area contributed by atoms with Crippen molar-refractivity contribution in [1.82, 2.24) is 10.3 Å². The second-order valence-corrected chi connectivity index (χ2v) is 3.03. The fourth-order valence-electron chi connectivity index (χ4n) is 1.05. The van der Waals surface area contributed by atoms with Crippen LogP contribution in [0.3, 0.4) is 0 Å². The van der Waals surface area contributed by atoms with Crippen LogP contribution in [-0.2, 0) is 0 Å². The maximum atomic E-state index is 13.3. The molecule has 1 saturated heterocycles. The molecule has 13 heavy (non-hydrogen) atoms. The summed E-state index contributed by atoms with van der Waals surface area (Å²) in [6.45, 7) is 0.652. The third-order valence-corrected chi connectivity index (χ3v) is 1.89. The van der Waals surface area contributed by atoms with E-state index in [4.69, 9.17) is 0 Å². The summed E-state index contributed by atoms with van der Waals surface area (Å²) in [6.07, 6.45) is 1.65. The molecule has 0 amide bonds. The van der Waals surface area contributed by atoms with Crippen molar-refractivity contribution < 1.29 is 4.39 Å². The van der Waals surface area contributed by atoms with E-state index in [-0.39, 0.29) is 0 Å². The fraction of sp³-hybridized carbons (Fsp3) is 0.300. The van der Waals surface area contributed by atoms with Gasteiger partial charge in [-0.3, -0.25) is 0 Å². The highest BCUT2D eigenvalue weighted by molar-refractivity contribution is 5.32. The van der Waals surface area contributed by atoms with Gasteiger partial charge in [0.25, 0.3) is 0 Å². The number of hydrogen-bond donors (Lipinski definition) is 1. The molecule has 0 aromatic carbocycles. The highest BCUT2D eigenvalue weighted by Crippen LogP contribution is 2.14. The topological polar surface area (TPSA) is 24.9 Å². The highest BCUT2D eigenvalue weighted by atomic mass is 19.1. The van der Waals surface area contributed by atoms with Crippen LogP contribution in [0.25, 0.3) is 0 Å². The van der Waals surface area contributed by atoms with E-state index in [1.54, 1.807) is 18.3 Å². The molecule has 0 aliphatic carbocycles. The van der Waals surface area contributed by atoms with Crippen molar-refractivity contribution in [3.05, 3.63) is 30.1 Å². The van der Waals surface area contributed by atoms with E-state index in [1.807, 2.05) is 6.07 Å². The van der Waals surface area contributed by atoms with Gasteiger partial charge in [-0.25, -0.2) is 9.37 Å². The van der Waals surface area contributed by atoms with E-state index < -0.39 is 5.67 Å². The molecule has 0 bridgehead atoms. The standard InChI is InChI=1S/C10H9FN2/c11-10(7-12-8-10)5-4-9-3-1-2-6-13-9/h1-3,6,12H,7-8H2. The first-order valence-corrected chi connectivity index (χ1v) is 4.12. The average molecular weight is 176 g/mol. The Bertz CT molecular complexity index is 346. The summed E-state index contributed by atoms with van der Waals surface area (Å²) < 4.78 is 13.3. The Morgan fingerprint density at radius 3 is 2.85 bits per heavy atom. The molecule has 0 saturated carbocycles. The predicted molar refractivity (Wildman–Crippen MR) is 47.8 cm³/mol. The number of nitrogens with one attached hydrogen (secondary N) is 1. The second kappa shape index (κ2) is 3.15. The minimum Gasteiger partial charge on any atom is -0.308 e. The van der Waals surface area contributed by atoms with E-state index >= 15 is 0 Å². The summed E-state index contributed by atoms with van der Waals surface area (Å²) in [5.74, 6) is 5.28. The normalized spacial score (nSPS) is 18.2. The molecule has 0 atom stereocenters. The van der Waals surface area contributed by atoms with Gasteiger partial charge in [0.1, 0.15) is 5.69 Å². The predicted octanol–water partition coefficient (Wildman–Crippen LogP) is 0.745. The van der Waals surface area contributed by atoms with E-state index in [0.29, 0.717) is 18.8 Å². The third-order valence-electron chi connectivity index (χ3n) is 1.89. The number of alkyl halides is 1. The summed E-state index contributed by atoms with van der Waals surface area (Å²) in [7, 11) is 0. The Balaban J connectivity index is 2.13. The Morgan fingerprint density at radius 2 is 2.31 bits per heavy atom. The molecule has 2 rings (SSSR count). The van der Waals surface area contributed by atoms with E-state index in [2.05, 4.69) is 22.1 Å². The Morgan fingerprint density at radius 1 is 1.46 bits per heavy atom. The van der Waals surface area contributed by atoms with E-state index in [9.17, 15) is 4.39 Å². The number of rotatable bonds is 0. The molecule has 1 fully saturated rings. The second-order valence-electron chi connectivity index (χ2n) is 3.03. The van der Waals surface area contributed by atoms with Crippen LogP contribution in [0.1, 0.15) is 5.69 Å². The van der Waals surface area contributed by atoms with Crippen molar-refractivity contribution >= 4 is 0 Å². The van der Waals surface area contributed by atoms with Gasteiger partial charge in [-0.1, -0.05) is 12.0 Å². The molecule has 3 heteroatoms. The van der Waals surface area contributed by atoms with Gasteiger partial charge >= 0.3 is 0 Å². The molecular weight excluding hydrogens is 167 g/mol. The van der Waals surface area contributed by atoms with Crippen molar-refractivity contribution in [2.24, 2.45) is 0 Å². The van der Waals surface area contributed by atoms with Crippen LogP contribution in [0, 0.1) is 11.8 Å². The molecule has 2 nitrogen and oxygen atoms in total. The van der Waals surface area contributed by atoms with Crippen molar-refractivity contribution in [2.75, 3.05) is 13.1 Å². The van der Waals surface area contributed by atoms with E-state index in [1.165, 1.54) is 0 Å². The van der Waals surface area contributed by atoms with Gasteiger partial charge in [0, 0.05) is 19.3 Å². The van der Waals surface area contributed by atoms with Crippen molar-refractivity contribution in [1.29, 1.82) is 0 Å². The average Bonchev–Trinajstić information content (AvgIpc) is 2.13. The van der Waals surface area contributed by atoms with Gasteiger partial charge in [0.05, 0.1) is 0 Å². The molecule has 2 heterocycles. The zero-order valence-electron chi connectivity index (χ0n) is 7.05. The molecule has 0 radical (unpaired) electrons. The van der Waals surface area contributed by atoms with Gasteiger partial charge in [-0.15, -0.1) is 0 Å². The first-order valence-electron chi connectivity index (χ1n) is 4.12. The number of aromatic nitrogens is 1. The van der Waals surface area contributed by atoms with Crippen LogP contribution < -0.4 is 5.32 Å². The zero-order valence-corrected chi connectivity index (χ0v) is 7.05. The van der Waals surface area contributed by atoms with Crippen LogP contribution in [0.2, 0.25) is 0 Å². The van der Waals surface area contributed by atoms with Crippen LogP contribution in [0.4, 0.5) is 4.39 Å². The van der Waals surface area contributed by atoms with Gasteiger partial charge in [-0.2, -0.15) is 0 Å². The number of nitrogens with zero attached hydrogens (tertiary/aromatic N) is 1. The SMILES string of the molecule is FC1(C#Cc2ccccn2)CNC1. The smallest absolute Gasteiger partial charge is 0.195 e. The monoisotopic (exact) mass is 176 g/mol. The van der Waals surface area contributed by atoms with Gasteiger partial charge in [-0.05, 0) is 18.1 Å². The van der Waals surface area contributed by atoms with Gasteiger partial charge < -0.3 is 5.32 Å². The molecule has 1 aromatic rings. The van der Waals surface area contributed by atoms with Crippen LogP contribution in [0.5, 0.6) is 0 Å². The molecule has 1 aromatic heterocycles. The first-order chi connectivity index (χ1) is 6.29. The molecule has 1 aliphatic heterocycles. The Kier molecular flexibility index (Phi) is 1.99. The van der Waals surface area contributed by atoms with Crippen molar-refractivity contribution in [3.8, 4) is 11.8 Å². The summed E-state index contributed by atoms with van der Waals surface area (Å²) in [5, 5.41) is 2.84. The molecule has 1 aliphatic rings. The van der Waals surface area contributed by atoms with Gasteiger partial charge in [0.15, 0.2) is 5.67 Å². The number of pyridine rings is 1. The Hall–Kier alpha value is -1.40. The number of halogens is 1. The highest BCUT2D eigenvalue weighted by Gasteiger charge is 2.34. The molecular formula is C10H9FN2. The third kappa shape index (κ3) is 1.85. The fourth-order valence-corrected chi connectivity index (χ4v) is 1.05. The number of hydrogen-bond acceptors (Lipinski definition) is 2. The quantitative estimate of drug-likeness (QED) is 0.590. The lowest BCUT2D eigenvalue weighted by Gasteiger charge is -2.29. The van der Waals surface area contributed by atoms with Crippen molar-refractivity contribution in [3.63, 3.8) is 0 Å². The molecule has 66 valence electrons. The summed E-state index contributed by atoms with van der Waals surface area (Å²) in [5.41, 5.74) is -0.719. The maximum absolute atomic E-state index is 13.3. The minimum absolute atomic E-state index is 0.326. The lowest BCUT2D eigenvalue weighted by molar-refractivity contribution is 0.158. The molecule has 0 spiro atoms. The molecule has 1 N–H and O–H groups in total. The van der Waals surface area contributed by atoms with Crippen LogP contribution in [0.15, 0.2) is 24.4 Å². The van der Waals surface area contributed by atoms with Gasteiger partial charge in [0.2, 0.25) is 0 Å².